The highest BCUT2D eigenvalue weighted by molar-refractivity contribution is 7.98. The van der Waals surface area contributed by atoms with E-state index < -0.39 is 10.0 Å². The van der Waals surface area contributed by atoms with Crippen molar-refractivity contribution in [2.45, 2.75) is 44.2 Å². The van der Waals surface area contributed by atoms with Crippen LogP contribution in [0.1, 0.15) is 31.4 Å². The van der Waals surface area contributed by atoms with Gasteiger partial charge in [-0.2, -0.15) is 16.1 Å². The number of benzene rings is 1. The number of aryl methyl sites for hydroxylation is 1. The largest absolute Gasteiger partial charge is 0.392 e. The monoisotopic (exact) mass is 331 g/mol. The summed E-state index contributed by atoms with van der Waals surface area (Å²) in [5.74, 6) is 0.928. The van der Waals surface area contributed by atoms with Gasteiger partial charge < -0.3 is 5.11 Å². The Hall–Kier alpha value is -0.560. The lowest BCUT2D eigenvalue weighted by Crippen LogP contribution is -2.35. The second-order valence-corrected chi connectivity index (χ2v) is 8.08. The summed E-state index contributed by atoms with van der Waals surface area (Å²) in [5, 5.41) is 9.39. The smallest absolute Gasteiger partial charge is 0.243 e. The first-order valence-corrected chi connectivity index (χ1v) is 9.91. The minimum absolute atomic E-state index is 0.0501. The normalized spacial score (nSPS) is 13.6. The fraction of sp³-hybridized carbons (Fsp3) is 0.600. The third-order valence-corrected chi connectivity index (χ3v) is 6.38. The number of thioether (sulfide) groups is 1. The molecule has 0 aromatic heterocycles. The summed E-state index contributed by atoms with van der Waals surface area (Å²) < 4.78 is 26.7. The lowest BCUT2D eigenvalue weighted by atomic mass is 10.1. The molecule has 0 spiro atoms. The van der Waals surface area contributed by atoms with Crippen LogP contribution in [-0.4, -0.2) is 42.9 Å². The molecule has 21 heavy (non-hydrogen) atoms. The molecule has 1 aromatic carbocycles. The van der Waals surface area contributed by atoms with Gasteiger partial charge in [0.15, 0.2) is 0 Å². The molecule has 0 saturated carbocycles. The van der Waals surface area contributed by atoms with Crippen molar-refractivity contribution in [1.82, 2.24) is 4.31 Å². The maximum Gasteiger partial charge on any atom is 0.243 e. The van der Waals surface area contributed by atoms with Crippen LogP contribution in [-0.2, 0) is 23.1 Å². The average Bonchev–Trinajstić information content (AvgIpc) is 2.50. The molecule has 1 N–H and O–H groups in total. The highest BCUT2D eigenvalue weighted by Crippen LogP contribution is 2.22. The molecule has 0 amide bonds. The van der Waals surface area contributed by atoms with Crippen molar-refractivity contribution < 1.29 is 13.5 Å². The van der Waals surface area contributed by atoms with Crippen LogP contribution in [0.3, 0.4) is 0 Å². The summed E-state index contributed by atoms with van der Waals surface area (Å²) in [6.45, 7) is 3.76. The molecule has 0 heterocycles. The first-order valence-electron chi connectivity index (χ1n) is 7.08. The minimum Gasteiger partial charge on any atom is -0.392 e. The van der Waals surface area contributed by atoms with Crippen LogP contribution in [0.15, 0.2) is 23.1 Å². The number of rotatable bonds is 8. The molecule has 0 aliphatic rings. The van der Waals surface area contributed by atoms with Gasteiger partial charge in [0.25, 0.3) is 0 Å². The number of hydrogen-bond acceptors (Lipinski definition) is 4. The Labute approximate surface area is 132 Å². The Bertz CT molecular complexity index is 558. The van der Waals surface area contributed by atoms with E-state index in [0.717, 1.165) is 24.2 Å². The standard InChI is InChI=1S/C15H25NO3S2/c1-5-13-6-7-15(10-14(13)11-17)21(18,19)16(3)12(2)8-9-20-4/h6-7,10,12,17H,5,8-9,11H2,1-4H3. The molecule has 120 valence electrons. The summed E-state index contributed by atoms with van der Waals surface area (Å²) >= 11 is 1.71. The number of aliphatic hydroxyl groups excluding tert-OH is 1. The van der Waals surface area contributed by atoms with Crippen LogP contribution in [0.25, 0.3) is 0 Å². The van der Waals surface area contributed by atoms with E-state index in [1.54, 1.807) is 37.0 Å². The van der Waals surface area contributed by atoms with Crippen LogP contribution < -0.4 is 0 Å². The topological polar surface area (TPSA) is 57.6 Å². The molecule has 1 aromatic rings. The van der Waals surface area contributed by atoms with Gasteiger partial charge in [-0.05, 0) is 55.0 Å². The fourth-order valence-electron chi connectivity index (χ4n) is 2.13. The molecular formula is C15H25NO3S2. The van der Waals surface area contributed by atoms with Gasteiger partial charge in [0.1, 0.15) is 0 Å². The number of nitrogens with zero attached hydrogens (tertiary/aromatic N) is 1. The summed E-state index contributed by atoms with van der Waals surface area (Å²) in [5.41, 5.74) is 1.67. The van der Waals surface area contributed by atoms with E-state index in [1.807, 2.05) is 20.1 Å². The van der Waals surface area contributed by atoms with Gasteiger partial charge in [0.2, 0.25) is 10.0 Å². The Balaban J connectivity index is 3.07. The highest BCUT2D eigenvalue weighted by Gasteiger charge is 2.25. The molecule has 6 heteroatoms. The Morgan fingerprint density at radius 1 is 1.33 bits per heavy atom. The molecule has 4 nitrogen and oxygen atoms in total. The SMILES string of the molecule is CCc1ccc(S(=O)(=O)N(C)C(C)CCSC)cc1CO. The predicted molar refractivity (Wildman–Crippen MR) is 89.2 cm³/mol. The van der Waals surface area contributed by atoms with Crippen molar-refractivity contribution in [1.29, 1.82) is 0 Å². The van der Waals surface area contributed by atoms with Gasteiger partial charge in [-0.25, -0.2) is 8.42 Å². The Morgan fingerprint density at radius 2 is 2.00 bits per heavy atom. The molecule has 0 aliphatic carbocycles. The maximum absolute atomic E-state index is 12.6. The Morgan fingerprint density at radius 3 is 2.52 bits per heavy atom. The molecule has 0 saturated heterocycles. The van der Waals surface area contributed by atoms with Crippen molar-refractivity contribution in [2.24, 2.45) is 0 Å². The zero-order valence-electron chi connectivity index (χ0n) is 13.2. The van der Waals surface area contributed by atoms with Crippen molar-refractivity contribution in [3.8, 4) is 0 Å². The van der Waals surface area contributed by atoms with Crippen LogP contribution in [0.4, 0.5) is 0 Å². The second-order valence-electron chi connectivity index (χ2n) is 5.09. The van der Waals surface area contributed by atoms with Gasteiger partial charge >= 0.3 is 0 Å². The average molecular weight is 332 g/mol. The van der Waals surface area contributed by atoms with Gasteiger partial charge in [0, 0.05) is 13.1 Å². The lowest BCUT2D eigenvalue weighted by Gasteiger charge is -2.24. The minimum atomic E-state index is -3.51. The molecular weight excluding hydrogens is 306 g/mol. The fourth-order valence-corrected chi connectivity index (χ4v) is 4.15. The van der Waals surface area contributed by atoms with E-state index in [9.17, 15) is 13.5 Å². The second kappa shape index (κ2) is 8.17. The van der Waals surface area contributed by atoms with Crippen LogP contribution >= 0.6 is 11.8 Å². The van der Waals surface area contributed by atoms with E-state index >= 15 is 0 Å². The molecule has 0 radical (unpaired) electrons. The van der Waals surface area contributed by atoms with Gasteiger partial charge in [0.05, 0.1) is 11.5 Å². The van der Waals surface area contributed by atoms with Crippen LogP contribution in [0.5, 0.6) is 0 Å². The third kappa shape index (κ3) is 4.45. The molecule has 1 unspecified atom stereocenters. The van der Waals surface area contributed by atoms with Crippen molar-refractivity contribution in [2.75, 3.05) is 19.1 Å². The summed E-state index contributed by atoms with van der Waals surface area (Å²) in [7, 11) is -1.90. The van der Waals surface area contributed by atoms with E-state index in [0.29, 0.717) is 5.56 Å². The number of hydrogen-bond donors (Lipinski definition) is 1. The van der Waals surface area contributed by atoms with Gasteiger partial charge in [-0.15, -0.1) is 0 Å². The zero-order valence-corrected chi connectivity index (χ0v) is 14.8. The molecule has 0 aliphatic heterocycles. The summed E-state index contributed by atoms with van der Waals surface area (Å²) in [4.78, 5) is 0.252. The third-order valence-electron chi connectivity index (χ3n) is 3.77. The first-order chi connectivity index (χ1) is 9.88. The van der Waals surface area contributed by atoms with Gasteiger partial charge in [-0.3, -0.25) is 0 Å². The zero-order chi connectivity index (χ0) is 16.0. The molecule has 1 atom stereocenters. The number of sulfonamides is 1. The molecule has 1 rings (SSSR count). The first kappa shape index (κ1) is 18.5. The predicted octanol–water partition coefficient (Wildman–Crippen LogP) is 2.50. The van der Waals surface area contributed by atoms with Gasteiger partial charge in [-0.1, -0.05) is 13.0 Å². The van der Waals surface area contributed by atoms with E-state index in [4.69, 9.17) is 0 Å². The quantitative estimate of drug-likeness (QED) is 0.795. The summed E-state index contributed by atoms with van der Waals surface area (Å²) in [6, 6.07) is 4.96. The van der Waals surface area contributed by atoms with Crippen molar-refractivity contribution in [3.63, 3.8) is 0 Å². The van der Waals surface area contributed by atoms with Crippen molar-refractivity contribution in [3.05, 3.63) is 29.3 Å². The molecule has 0 bridgehead atoms. The Kier molecular flexibility index (Phi) is 7.20. The number of aliphatic hydroxyl groups is 1. The lowest BCUT2D eigenvalue weighted by molar-refractivity contribution is 0.280. The van der Waals surface area contributed by atoms with E-state index in [-0.39, 0.29) is 17.5 Å². The summed E-state index contributed by atoms with van der Waals surface area (Å²) in [6.07, 6.45) is 3.60. The highest BCUT2D eigenvalue weighted by atomic mass is 32.2. The maximum atomic E-state index is 12.6. The molecule has 0 fully saturated rings. The van der Waals surface area contributed by atoms with Crippen molar-refractivity contribution >= 4 is 21.8 Å². The van der Waals surface area contributed by atoms with Crippen LogP contribution in [0, 0.1) is 0 Å². The van der Waals surface area contributed by atoms with E-state index in [2.05, 4.69) is 0 Å². The van der Waals surface area contributed by atoms with E-state index in [1.165, 1.54) is 4.31 Å². The van der Waals surface area contributed by atoms with Crippen LogP contribution in [0.2, 0.25) is 0 Å².